The number of alkyl halides is 3. The molecule has 1 aliphatic rings. The van der Waals surface area contributed by atoms with Gasteiger partial charge in [-0.15, -0.1) is 11.3 Å². The lowest BCUT2D eigenvalue weighted by Crippen LogP contribution is -2.24. The lowest BCUT2D eigenvalue weighted by atomic mass is 10.0. The van der Waals surface area contributed by atoms with Crippen LogP contribution in [0, 0.1) is 11.3 Å². The van der Waals surface area contributed by atoms with Gasteiger partial charge in [0, 0.05) is 22.5 Å². The molecule has 2 aromatic rings. The van der Waals surface area contributed by atoms with Crippen molar-refractivity contribution in [1.82, 2.24) is 5.32 Å². The summed E-state index contributed by atoms with van der Waals surface area (Å²) in [7, 11) is 0. The maximum atomic E-state index is 12.9. The first-order chi connectivity index (χ1) is 11.4. The van der Waals surface area contributed by atoms with Gasteiger partial charge in [0.15, 0.2) is 0 Å². The van der Waals surface area contributed by atoms with Crippen molar-refractivity contribution in [3.63, 3.8) is 0 Å². The van der Waals surface area contributed by atoms with Crippen LogP contribution in [0.4, 0.5) is 18.9 Å². The Kier molecular flexibility index (Phi) is 4.30. The van der Waals surface area contributed by atoms with E-state index in [1.807, 2.05) is 0 Å². The van der Waals surface area contributed by atoms with Crippen LogP contribution in [0.1, 0.15) is 31.9 Å². The molecule has 1 aromatic heterocycles. The van der Waals surface area contributed by atoms with Gasteiger partial charge in [-0.3, -0.25) is 4.79 Å². The van der Waals surface area contributed by atoms with Gasteiger partial charge in [-0.2, -0.15) is 18.4 Å². The predicted molar refractivity (Wildman–Crippen MR) is 83.8 cm³/mol. The van der Waals surface area contributed by atoms with E-state index < -0.39 is 17.6 Å². The van der Waals surface area contributed by atoms with E-state index in [2.05, 4.69) is 10.6 Å². The molecule has 24 heavy (non-hydrogen) atoms. The van der Waals surface area contributed by atoms with Crippen molar-refractivity contribution in [2.75, 3.05) is 11.9 Å². The molecule has 8 heteroatoms. The molecule has 0 aliphatic carbocycles. The first-order valence-corrected chi connectivity index (χ1v) is 8.00. The molecule has 124 valence electrons. The van der Waals surface area contributed by atoms with Crippen LogP contribution < -0.4 is 10.6 Å². The van der Waals surface area contributed by atoms with Gasteiger partial charge in [-0.1, -0.05) is 0 Å². The lowest BCUT2D eigenvalue weighted by molar-refractivity contribution is -0.137. The van der Waals surface area contributed by atoms with Crippen LogP contribution in [-0.4, -0.2) is 12.5 Å². The first-order valence-electron chi connectivity index (χ1n) is 7.12. The Bertz CT molecular complexity index is 836. The smallest absolute Gasteiger partial charge is 0.322 e. The quantitative estimate of drug-likeness (QED) is 0.870. The second-order valence-corrected chi connectivity index (χ2v) is 6.30. The molecule has 0 saturated carbocycles. The third-order valence-corrected chi connectivity index (χ3v) is 4.74. The minimum absolute atomic E-state index is 0.0414. The van der Waals surface area contributed by atoms with Crippen molar-refractivity contribution < 1.29 is 18.0 Å². The molecule has 1 amide bonds. The first kappa shape index (κ1) is 16.5. The number of rotatable bonds is 2. The standard InChI is InChI=1S/C16H12F3N3OS/c17-16(18,19)10-3-9(6-20)4-11(5-10)22-15(23)13-8-24-14-7-21-2-1-12(13)14/h3-5,8,21H,1-2,7H2,(H,22,23). The summed E-state index contributed by atoms with van der Waals surface area (Å²) in [6.45, 7) is 1.45. The van der Waals surface area contributed by atoms with Gasteiger partial charge in [0.1, 0.15) is 0 Å². The average molecular weight is 351 g/mol. The number of nitrogens with one attached hydrogen (secondary N) is 2. The van der Waals surface area contributed by atoms with Crippen LogP contribution in [0.3, 0.4) is 0 Å². The Balaban J connectivity index is 1.90. The number of carbonyl (C=O) groups excluding carboxylic acids is 1. The molecule has 3 rings (SSSR count). The molecule has 0 atom stereocenters. The number of benzene rings is 1. The number of hydrogen-bond acceptors (Lipinski definition) is 4. The van der Waals surface area contributed by atoms with E-state index in [4.69, 9.17) is 5.26 Å². The van der Waals surface area contributed by atoms with Gasteiger partial charge in [-0.25, -0.2) is 0 Å². The Morgan fingerprint density at radius 3 is 2.83 bits per heavy atom. The molecule has 2 heterocycles. The molecule has 1 aromatic carbocycles. The molecule has 0 spiro atoms. The van der Waals surface area contributed by atoms with Crippen LogP contribution >= 0.6 is 11.3 Å². The second-order valence-electron chi connectivity index (χ2n) is 5.34. The number of carbonyl (C=O) groups is 1. The maximum Gasteiger partial charge on any atom is 0.416 e. The van der Waals surface area contributed by atoms with Crippen molar-refractivity contribution >= 4 is 22.9 Å². The van der Waals surface area contributed by atoms with E-state index >= 15 is 0 Å². The van der Waals surface area contributed by atoms with Crippen LogP contribution in [0.15, 0.2) is 23.6 Å². The molecule has 4 nitrogen and oxygen atoms in total. The van der Waals surface area contributed by atoms with Crippen LogP contribution in [-0.2, 0) is 19.1 Å². The Morgan fingerprint density at radius 1 is 1.33 bits per heavy atom. The molecule has 0 bridgehead atoms. The Hall–Kier alpha value is -2.37. The maximum absolute atomic E-state index is 12.9. The molecule has 0 radical (unpaired) electrons. The molecule has 1 aliphatic heterocycles. The van der Waals surface area contributed by atoms with Crippen LogP contribution in [0.5, 0.6) is 0 Å². The summed E-state index contributed by atoms with van der Waals surface area (Å²) >= 11 is 1.45. The topological polar surface area (TPSA) is 64.9 Å². The second kappa shape index (κ2) is 6.26. The van der Waals surface area contributed by atoms with E-state index in [9.17, 15) is 18.0 Å². The molecule has 0 unspecified atom stereocenters. The number of anilines is 1. The number of hydrogen-bond donors (Lipinski definition) is 2. The molecular formula is C16H12F3N3OS. The minimum atomic E-state index is -4.58. The van der Waals surface area contributed by atoms with Crippen molar-refractivity contribution in [3.8, 4) is 6.07 Å². The fraction of sp³-hybridized carbons (Fsp3) is 0.250. The summed E-state index contributed by atoms with van der Waals surface area (Å²) in [5.74, 6) is -0.461. The molecule has 2 N–H and O–H groups in total. The summed E-state index contributed by atoms with van der Waals surface area (Å²) in [6.07, 6.45) is -3.88. The third kappa shape index (κ3) is 3.27. The van der Waals surface area contributed by atoms with Gasteiger partial charge in [0.05, 0.1) is 22.8 Å². The van der Waals surface area contributed by atoms with E-state index in [-0.39, 0.29) is 11.3 Å². The van der Waals surface area contributed by atoms with E-state index in [1.165, 1.54) is 17.4 Å². The van der Waals surface area contributed by atoms with Gasteiger partial charge in [0.25, 0.3) is 5.91 Å². The predicted octanol–water partition coefficient (Wildman–Crippen LogP) is 3.54. The largest absolute Gasteiger partial charge is 0.416 e. The molecular weight excluding hydrogens is 339 g/mol. The summed E-state index contributed by atoms with van der Waals surface area (Å²) < 4.78 is 38.7. The fourth-order valence-electron chi connectivity index (χ4n) is 2.58. The highest BCUT2D eigenvalue weighted by Gasteiger charge is 2.31. The van der Waals surface area contributed by atoms with Crippen molar-refractivity contribution in [2.45, 2.75) is 19.1 Å². The summed E-state index contributed by atoms with van der Waals surface area (Å²) in [5, 5.41) is 16.3. The van der Waals surface area contributed by atoms with Crippen molar-refractivity contribution in [2.24, 2.45) is 0 Å². The SMILES string of the molecule is N#Cc1cc(NC(=O)c2csc3c2CCNC3)cc(C(F)(F)F)c1. The summed E-state index contributed by atoms with van der Waals surface area (Å²) in [5.41, 5.74) is 0.251. The molecule has 0 fully saturated rings. The number of thiophene rings is 1. The minimum Gasteiger partial charge on any atom is -0.322 e. The number of nitriles is 1. The Morgan fingerprint density at radius 2 is 2.12 bits per heavy atom. The van der Waals surface area contributed by atoms with Crippen LogP contribution in [0.2, 0.25) is 0 Å². The van der Waals surface area contributed by atoms with Gasteiger partial charge < -0.3 is 10.6 Å². The lowest BCUT2D eigenvalue weighted by Gasteiger charge is -2.15. The number of amides is 1. The zero-order valence-electron chi connectivity index (χ0n) is 12.3. The van der Waals surface area contributed by atoms with E-state index in [0.29, 0.717) is 18.5 Å². The highest BCUT2D eigenvalue weighted by molar-refractivity contribution is 7.10. The van der Waals surface area contributed by atoms with E-state index in [1.54, 1.807) is 11.4 Å². The summed E-state index contributed by atoms with van der Waals surface area (Å²) in [4.78, 5) is 13.5. The summed E-state index contributed by atoms with van der Waals surface area (Å²) in [6, 6.07) is 4.50. The van der Waals surface area contributed by atoms with E-state index in [0.717, 1.165) is 29.1 Å². The number of halogens is 3. The monoisotopic (exact) mass is 351 g/mol. The molecule has 0 saturated heterocycles. The number of nitrogens with zero attached hydrogens (tertiary/aromatic N) is 1. The number of fused-ring (bicyclic) bond motifs is 1. The van der Waals surface area contributed by atoms with Gasteiger partial charge in [0.2, 0.25) is 0 Å². The zero-order valence-corrected chi connectivity index (χ0v) is 13.1. The van der Waals surface area contributed by atoms with Gasteiger partial charge in [-0.05, 0) is 36.7 Å². The van der Waals surface area contributed by atoms with Crippen LogP contribution in [0.25, 0.3) is 0 Å². The normalized spacial score (nSPS) is 13.9. The van der Waals surface area contributed by atoms with Gasteiger partial charge >= 0.3 is 6.18 Å². The highest BCUT2D eigenvalue weighted by Crippen LogP contribution is 2.32. The van der Waals surface area contributed by atoms with Crippen molar-refractivity contribution in [3.05, 3.63) is 50.7 Å². The highest BCUT2D eigenvalue weighted by atomic mass is 32.1. The van der Waals surface area contributed by atoms with Crippen molar-refractivity contribution in [1.29, 1.82) is 5.26 Å². The zero-order chi connectivity index (χ0) is 17.3. The Labute approximate surface area is 139 Å². The average Bonchev–Trinajstić information content (AvgIpc) is 2.97. The third-order valence-electron chi connectivity index (χ3n) is 3.71. The fourth-order valence-corrected chi connectivity index (χ4v) is 3.63.